The van der Waals surface area contributed by atoms with Crippen molar-refractivity contribution >= 4 is 11.9 Å². The zero-order chi connectivity index (χ0) is 26.3. The molecule has 0 aromatic carbocycles. The van der Waals surface area contributed by atoms with Crippen LogP contribution in [0.1, 0.15) is 118 Å². The average molecular weight is 515 g/mol. The fourth-order valence-corrected chi connectivity index (χ4v) is 10.6. The number of ether oxygens (including phenoxy) is 2. The first-order chi connectivity index (χ1) is 17.9. The molecule has 210 valence electrons. The summed E-state index contributed by atoms with van der Waals surface area (Å²) in [5, 5.41) is 0. The monoisotopic (exact) mass is 514 g/mol. The molecular formula is C33H54O4. The van der Waals surface area contributed by atoms with Gasteiger partial charge in [0.2, 0.25) is 0 Å². The lowest BCUT2D eigenvalue weighted by Crippen LogP contribution is -2.39. The molecule has 5 aliphatic carbocycles. The molecule has 6 rings (SSSR count). The molecule has 11 unspecified atom stereocenters. The zero-order valence-corrected chi connectivity index (χ0v) is 24.4. The van der Waals surface area contributed by atoms with Crippen molar-refractivity contribution in [3.63, 3.8) is 0 Å². The van der Waals surface area contributed by atoms with Crippen LogP contribution in [0.2, 0.25) is 0 Å². The molecule has 0 aromatic heterocycles. The van der Waals surface area contributed by atoms with Crippen molar-refractivity contribution < 1.29 is 19.1 Å². The molecule has 1 aliphatic heterocycles. The number of fused-ring (bicyclic) bond motifs is 6. The van der Waals surface area contributed by atoms with E-state index in [1.807, 2.05) is 0 Å². The van der Waals surface area contributed by atoms with E-state index in [1.54, 1.807) is 0 Å². The van der Waals surface area contributed by atoms with Gasteiger partial charge in [0.25, 0.3) is 0 Å². The van der Waals surface area contributed by atoms with Crippen molar-refractivity contribution in [2.45, 2.75) is 124 Å². The Morgan fingerprint density at radius 1 is 0.811 bits per heavy atom. The molecule has 1 saturated heterocycles. The van der Waals surface area contributed by atoms with Crippen LogP contribution in [0.3, 0.4) is 0 Å². The molecule has 37 heavy (non-hydrogen) atoms. The van der Waals surface area contributed by atoms with Crippen molar-refractivity contribution in [3.05, 3.63) is 0 Å². The van der Waals surface area contributed by atoms with E-state index in [0.717, 1.165) is 67.6 Å². The number of rotatable bonds is 7. The number of carbonyl (C=O) groups excluding carboxylic acids is 2. The van der Waals surface area contributed by atoms with Gasteiger partial charge in [0.15, 0.2) is 0 Å². The van der Waals surface area contributed by atoms with Crippen LogP contribution in [0.4, 0.5) is 0 Å². The molecule has 4 nitrogen and oxygen atoms in total. The predicted molar refractivity (Wildman–Crippen MR) is 147 cm³/mol. The summed E-state index contributed by atoms with van der Waals surface area (Å²) < 4.78 is 11.4. The summed E-state index contributed by atoms with van der Waals surface area (Å²) in [7, 11) is 0. The van der Waals surface area contributed by atoms with Crippen molar-refractivity contribution in [1.29, 1.82) is 0 Å². The maximum atomic E-state index is 13.1. The first-order valence-corrected chi connectivity index (χ1v) is 16.3. The molecule has 5 saturated carbocycles. The van der Waals surface area contributed by atoms with Gasteiger partial charge in [-0.2, -0.15) is 0 Å². The van der Waals surface area contributed by atoms with Gasteiger partial charge < -0.3 is 9.47 Å². The van der Waals surface area contributed by atoms with Crippen molar-refractivity contribution in [3.8, 4) is 0 Å². The lowest BCUT2D eigenvalue weighted by Gasteiger charge is -2.37. The Bertz CT molecular complexity index is 815. The lowest BCUT2D eigenvalue weighted by molar-refractivity contribution is -0.168. The molecule has 0 N–H and O–H groups in total. The largest absolute Gasteiger partial charge is 0.465 e. The van der Waals surface area contributed by atoms with Crippen LogP contribution in [0.5, 0.6) is 0 Å². The second-order valence-electron chi connectivity index (χ2n) is 13.8. The number of hydrogen-bond acceptors (Lipinski definition) is 4. The minimum Gasteiger partial charge on any atom is -0.465 e. The highest BCUT2D eigenvalue weighted by Crippen LogP contribution is 2.66. The first-order valence-electron chi connectivity index (χ1n) is 16.3. The van der Waals surface area contributed by atoms with Crippen LogP contribution in [0.15, 0.2) is 0 Å². The zero-order valence-electron chi connectivity index (χ0n) is 24.4. The molecule has 0 spiro atoms. The maximum absolute atomic E-state index is 13.1. The summed E-state index contributed by atoms with van der Waals surface area (Å²) in [5.41, 5.74) is -0.107. The highest BCUT2D eigenvalue weighted by molar-refractivity contribution is 5.75. The molecule has 2 bridgehead atoms. The highest BCUT2D eigenvalue weighted by atomic mass is 16.6. The maximum Gasteiger partial charge on any atom is 0.309 e. The number of esters is 2. The van der Waals surface area contributed by atoms with E-state index in [4.69, 9.17) is 9.47 Å². The van der Waals surface area contributed by atoms with E-state index in [1.165, 1.54) is 51.4 Å². The fraction of sp³-hybridized carbons (Fsp3) is 0.939. The molecule has 1 heterocycles. The van der Waals surface area contributed by atoms with E-state index in [9.17, 15) is 9.59 Å². The van der Waals surface area contributed by atoms with Gasteiger partial charge >= 0.3 is 11.9 Å². The Balaban J connectivity index is 0.000000182. The molecule has 6 aliphatic rings. The number of carbonyl (C=O) groups is 2. The van der Waals surface area contributed by atoms with Crippen molar-refractivity contribution in [2.24, 2.45) is 65.1 Å². The molecule has 11 atom stereocenters. The molecular weight excluding hydrogens is 460 g/mol. The van der Waals surface area contributed by atoms with Gasteiger partial charge in [-0.25, -0.2) is 0 Å². The fourth-order valence-electron chi connectivity index (χ4n) is 10.6. The molecule has 6 fully saturated rings. The molecule has 4 heteroatoms. The Morgan fingerprint density at radius 3 is 2.05 bits per heavy atom. The van der Waals surface area contributed by atoms with Gasteiger partial charge in [-0.15, -0.1) is 0 Å². The normalized spacial score (nSPS) is 44.8. The van der Waals surface area contributed by atoms with Gasteiger partial charge in [-0.1, -0.05) is 60.3 Å². The van der Waals surface area contributed by atoms with E-state index in [2.05, 4.69) is 34.6 Å². The third kappa shape index (κ3) is 4.79. The van der Waals surface area contributed by atoms with Crippen molar-refractivity contribution in [1.82, 2.24) is 0 Å². The SMILES string of the molecule is CCC1CC(CC)C2C(=O)OCC12.CCC1CC(CC)C2C3CC(CC3C(=O)OC3(CC)CCCC3)C12. The van der Waals surface area contributed by atoms with Gasteiger partial charge in [-0.3, -0.25) is 9.59 Å². The predicted octanol–water partition coefficient (Wildman–Crippen LogP) is 7.83. The van der Waals surface area contributed by atoms with Gasteiger partial charge in [0, 0.05) is 5.92 Å². The van der Waals surface area contributed by atoms with Gasteiger partial charge in [0.05, 0.1) is 18.4 Å². The average Bonchev–Trinajstić information content (AvgIpc) is 3.74. The second-order valence-corrected chi connectivity index (χ2v) is 13.8. The summed E-state index contributed by atoms with van der Waals surface area (Å²) >= 11 is 0. The van der Waals surface area contributed by atoms with Crippen LogP contribution >= 0.6 is 0 Å². The molecule has 0 radical (unpaired) electrons. The lowest BCUT2D eigenvalue weighted by atomic mass is 9.70. The first kappa shape index (κ1) is 27.5. The summed E-state index contributed by atoms with van der Waals surface area (Å²) in [6.07, 6.45) is 15.8. The standard InChI is InChI=1S/C22H36O2.C11H18O2/c1-4-14-11-15(5-2)20-17-12-16(19(14)20)13-18(17)21(23)24-22(6-3)9-7-8-10-22;1-3-7-5-8(4-2)10-9(7)6-13-11(10)12/h14-20H,4-13H2,1-3H3;7-10H,3-6H2,1-2H3. The van der Waals surface area contributed by atoms with Crippen LogP contribution in [0, 0.1) is 65.1 Å². The van der Waals surface area contributed by atoms with Crippen LogP contribution < -0.4 is 0 Å². The number of hydrogen-bond donors (Lipinski definition) is 0. The Kier molecular flexibility index (Phi) is 8.33. The highest BCUT2D eigenvalue weighted by Gasteiger charge is 2.61. The van der Waals surface area contributed by atoms with E-state index < -0.39 is 0 Å². The Labute approximate surface area is 226 Å². The van der Waals surface area contributed by atoms with E-state index in [0.29, 0.717) is 24.4 Å². The quantitative estimate of drug-likeness (QED) is 0.325. The topological polar surface area (TPSA) is 52.6 Å². The van der Waals surface area contributed by atoms with Crippen LogP contribution in [0.25, 0.3) is 0 Å². The third-order valence-electron chi connectivity index (χ3n) is 12.6. The Morgan fingerprint density at radius 2 is 1.43 bits per heavy atom. The van der Waals surface area contributed by atoms with E-state index >= 15 is 0 Å². The summed E-state index contributed by atoms with van der Waals surface area (Å²) in [6, 6.07) is 0. The van der Waals surface area contributed by atoms with Crippen LogP contribution in [-0.2, 0) is 19.1 Å². The number of cyclic esters (lactones) is 1. The van der Waals surface area contributed by atoms with E-state index in [-0.39, 0.29) is 29.4 Å². The summed E-state index contributed by atoms with van der Waals surface area (Å²) in [5.74, 6) is 7.64. The molecule has 0 amide bonds. The smallest absolute Gasteiger partial charge is 0.309 e. The minimum absolute atomic E-state index is 0.0767. The Hall–Kier alpha value is -1.06. The van der Waals surface area contributed by atoms with Gasteiger partial charge in [-0.05, 0) is 105 Å². The minimum atomic E-state index is -0.107. The van der Waals surface area contributed by atoms with Gasteiger partial charge in [0.1, 0.15) is 5.60 Å². The second kappa shape index (κ2) is 11.2. The summed E-state index contributed by atoms with van der Waals surface area (Å²) in [6.45, 7) is 12.0. The van der Waals surface area contributed by atoms with Crippen LogP contribution in [-0.4, -0.2) is 24.1 Å². The summed E-state index contributed by atoms with van der Waals surface area (Å²) in [4.78, 5) is 24.5. The molecule has 0 aromatic rings. The van der Waals surface area contributed by atoms with Crippen molar-refractivity contribution in [2.75, 3.05) is 6.61 Å². The third-order valence-corrected chi connectivity index (χ3v) is 12.6.